The predicted octanol–water partition coefficient (Wildman–Crippen LogP) is 2.36. The molecule has 112 valence electrons. The fourth-order valence-electron chi connectivity index (χ4n) is 3.09. The maximum Gasteiger partial charge on any atom is 0.0994 e. The Morgan fingerprint density at radius 2 is 2.05 bits per heavy atom. The molecule has 0 aromatic heterocycles. The molecule has 1 aromatic rings. The molecule has 2 N–H and O–H groups in total. The first-order valence-corrected chi connectivity index (χ1v) is 7.86. The molecule has 3 heteroatoms. The number of benzene rings is 1. The minimum absolute atomic E-state index is 0.555. The van der Waals surface area contributed by atoms with Crippen LogP contribution < -0.4 is 5.32 Å². The second-order valence-corrected chi connectivity index (χ2v) is 6.07. The highest BCUT2D eigenvalue weighted by atomic mass is 16.3. The number of aliphatic hydroxyl groups is 1. The highest BCUT2D eigenvalue weighted by Gasteiger charge is 2.30. The summed E-state index contributed by atoms with van der Waals surface area (Å²) in [6.45, 7) is 7.93. The number of rotatable bonds is 6. The summed E-state index contributed by atoms with van der Waals surface area (Å²) in [6.07, 6.45) is 3.78. The van der Waals surface area contributed by atoms with Crippen LogP contribution in [0.5, 0.6) is 0 Å². The summed E-state index contributed by atoms with van der Waals surface area (Å²) in [4.78, 5) is 2.46. The van der Waals surface area contributed by atoms with Gasteiger partial charge in [-0.2, -0.15) is 0 Å². The molecule has 1 heterocycles. The summed E-state index contributed by atoms with van der Waals surface area (Å²) in [7, 11) is 0. The number of β-amino-alcohol motifs (C(OH)–C–C–N with tert-alkyl or cyclic N) is 1. The van der Waals surface area contributed by atoms with Crippen molar-refractivity contribution in [2.45, 2.75) is 44.8 Å². The number of hydrogen-bond acceptors (Lipinski definition) is 3. The molecule has 0 radical (unpaired) electrons. The largest absolute Gasteiger partial charge is 0.384 e. The Kier molecular flexibility index (Phi) is 5.58. The molecule has 0 bridgehead atoms. The van der Waals surface area contributed by atoms with Gasteiger partial charge in [-0.25, -0.2) is 0 Å². The van der Waals surface area contributed by atoms with E-state index < -0.39 is 5.60 Å². The van der Waals surface area contributed by atoms with E-state index in [-0.39, 0.29) is 0 Å². The van der Waals surface area contributed by atoms with Gasteiger partial charge in [-0.3, -0.25) is 4.90 Å². The molecule has 0 spiro atoms. The van der Waals surface area contributed by atoms with E-state index in [4.69, 9.17) is 0 Å². The number of likely N-dealkylation sites (tertiary alicyclic amines) is 1. The van der Waals surface area contributed by atoms with Crippen LogP contribution in [-0.4, -0.2) is 42.2 Å². The van der Waals surface area contributed by atoms with Crippen LogP contribution >= 0.6 is 0 Å². The smallest absolute Gasteiger partial charge is 0.0994 e. The molecule has 1 aliphatic heterocycles. The Morgan fingerprint density at radius 1 is 1.30 bits per heavy atom. The van der Waals surface area contributed by atoms with Gasteiger partial charge < -0.3 is 10.4 Å². The topological polar surface area (TPSA) is 35.5 Å². The fraction of sp³-hybridized carbons (Fsp3) is 0.647. The zero-order valence-corrected chi connectivity index (χ0v) is 12.8. The van der Waals surface area contributed by atoms with Gasteiger partial charge in [-0.15, -0.1) is 0 Å². The first kappa shape index (κ1) is 15.5. The molecule has 1 saturated heterocycles. The van der Waals surface area contributed by atoms with Crippen LogP contribution in [0, 0.1) is 0 Å². The van der Waals surface area contributed by atoms with Gasteiger partial charge in [0, 0.05) is 19.1 Å². The Hall–Kier alpha value is -0.900. The summed E-state index contributed by atoms with van der Waals surface area (Å²) in [5.41, 5.74) is 0.232. The molecule has 2 atom stereocenters. The molecule has 2 rings (SSSR count). The monoisotopic (exact) mass is 276 g/mol. The van der Waals surface area contributed by atoms with Crippen molar-refractivity contribution in [1.29, 1.82) is 0 Å². The standard InChI is InChI=1S/C17H28N2O/c1-3-18-13-16-11-7-8-12-19(16)14-17(2,20)15-9-5-4-6-10-15/h4-6,9-10,16,18,20H,3,7-8,11-14H2,1-2H3. The summed E-state index contributed by atoms with van der Waals surface area (Å²) < 4.78 is 0. The van der Waals surface area contributed by atoms with E-state index in [9.17, 15) is 5.11 Å². The molecule has 1 aromatic carbocycles. The van der Waals surface area contributed by atoms with Gasteiger partial charge in [0.1, 0.15) is 0 Å². The van der Waals surface area contributed by atoms with Crippen LogP contribution in [0.3, 0.4) is 0 Å². The number of nitrogens with one attached hydrogen (secondary N) is 1. The van der Waals surface area contributed by atoms with E-state index in [0.717, 1.165) is 25.2 Å². The molecular formula is C17H28N2O. The second kappa shape index (κ2) is 7.21. The van der Waals surface area contributed by atoms with Gasteiger partial charge in [0.05, 0.1) is 5.60 Å². The van der Waals surface area contributed by atoms with Gasteiger partial charge in [-0.05, 0) is 38.4 Å². The summed E-state index contributed by atoms with van der Waals surface area (Å²) in [5, 5.41) is 14.3. The quantitative estimate of drug-likeness (QED) is 0.837. The van der Waals surface area contributed by atoms with Gasteiger partial charge in [0.2, 0.25) is 0 Å². The Morgan fingerprint density at radius 3 is 2.75 bits per heavy atom. The first-order valence-electron chi connectivity index (χ1n) is 7.86. The van der Waals surface area contributed by atoms with Gasteiger partial charge in [-0.1, -0.05) is 43.7 Å². The minimum Gasteiger partial charge on any atom is -0.384 e. The van der Waals surface area contributed by atoms with E-state index >= 15 is 0 Å². The number of nitrogens with zero attached hydrogens (tertiary/aromatic N) is 1. The zero-order chi connectivity index (χ0) is 14.4. The SMILES string of the molecule is CCNCC1CCCCN1CC(C)(O)c1ccccc1. The third kappa shape index (κ3) is 4.05. The van der Waals surface area contributed by atoms with Crippen molar-refractivity contribution in [2.24, 2.45) is 0 Å². The molecule has 20 heavy (non-hydrogen) atoms. The van der Waals surface area contributed by atoms with E-state index in [1.807, 2.05) is 37.3 Å². The normalized spacial score (nSPS) is 23.4. The molecular weight excluding hydrogens is 248 g/mol. The Balaban J connectivity index is 2.02. The predicted molar refractivity (Wildman–Crippen MR) is 83.8 cm³/mol. The van der Waals surface area contributed by atoms with Crippen LogP contribution in [0.15, 0.2) is 30.3 Å². The molecule has 0 aliphatic carbocycles. The number of hydrogen-bond donors (Lipinski definition) is 2. The lowest BCUT2D eigenvalue weighted by Gasteiger charge is -2.40. The lowest BCUT2D eigenvalue weighted by Crippen LogP contribution is -2.50. The van der Waals surface area contributed by atoms with Crippen LogP contribution in [0.1, 0.15) is 38.7 Å². The lowest BCUT2D eigenvalue weighted by atomic mass is 9.92. The van der Waals surface area contributed by atoms with Crippen molar-refractivity contribution < 1.29 is 5.11 Å². The van der Waals surface area contributed by atoms with E-state index in [1.54, 1.807) is 0 Å². The fourth-order valence-corrected chi connectivity index (χ4v) is 3.09. The van der Waals surface area contributed by atoms with Crippen LogP contribution in [0.2, 0.25) is 0 Å². The van der Waals surface area contributed by atoms with Crippen molar-refractivity contribution in [1.82, 2.24) is 10.2 Å². The Bertz CT molecular complexity index is 391. The maximum absolute atomic E-state index is 10.8. The average Bonchev–Trinajstić information content (AvgIpc) is 2.47. The number of piperidine rings is 1. The van der Waals surface area contributed by atoms with Crippen molar-refractivity contribution in [2.75, 3.05) is 26.2 Å². The highest BCUT2D eigenvalue weighted by molar-refractivity contribution is 5.21. The number of likely N-dealkylation sites (N-methyl/N-ethyl adjacent to an activating group) is 1. The van der Waals surface area contributed by atoms with Crippen molar-refractivity contribution in [3.05, 3.63) is 35.9 Å². The highest BCUT2D eigenvalue weighted by Crippen LogP contribution is 2.25. The van der Waals surface area contributed by atoms with Crippen molar-refractivity contribution in [3.63, 3.8) is 0 Å². The van der Waals surface area contributed by atoms with Crippen LogP contribution in [0.25, 0.3) is 0 Å². The summed E-state index contributed by atoms with van der Waals surface area (Å²) in [5.74, 6) is 0. The third-order valence-corrected chi connectivity index (χ3v) is 4.29. The van der Waals surface area contributed by atoms with E-state index in [0.29, 0.717) is 12.6 Å². The van der Waals surface area contributed by atoms with Gasteiger partial charge in [0.15, 0.2) is 0 Å². The zero-order valence-electron chi connectivity index (χ0n) is 12.8. The van der Waals surface area contributed by atoms with Crippen LogP contribution in [0.4, 0.5) is 0 Å². The molecule has 1 aliphatic rings. The van der Waals surface area contributed by atoms with E-state index in [2.05, 4.69) is 17.1 Å². The lowest BCUT2D eigenvalue weighted by molar-refractivity contribution is -0.00706. The molecule has 2 unspecified atom stereocenters. The molecule has 0 amide bonds. The van der Waals surface area contributed by atoms with Crippen LogP contribution in [-0.2, 0) is 5.60 Å². The summed E-state index contributed by atoms with van der Waals surface area (Å²) in [6, 6.07) is 10.6. The Labute approximate surface area is 123 Å². The third-order valence-electron chi connectivity index (χ3n) is 4.29. The van der Waals surface area contributed by atoms with Crippen molar-refractivity contribution >= 4 is 0 Å². The van der Waals surface area contributed by atoms with Gasteiger partial charge >= 0.3 is 0 Å². The molecule has 3 nitrogen and oxygen atoms in total. The molecule has 0 saturated carbocycles. The summed E-state index contributed by atoms with van der Waals surface area (Å²) >= 11 is 0. The molecule has 1 fully saturated rings. The minimum atomic E-state index is -0.775. The first-order chi connectivity index (χ1) is 9.63. The maximum atomic E-state index is 10.8. The van der Waals surface area contributed by atoms with E-state index in [1.165, 1.54) is 19.3 Å². The average molecular weight is 276 g/mol. The second-order valence-electron chi connectivity index (χ2n) is 6.07. The van der Waals surface area contributed by atoms with Crippen molar-refractivity contribution in [3.8, 4) is 0 Å². The van der Waals surface area contributed by atoms with Gasteiger partial charge in [0.25, 0.3) is 0 Å².